The van der Waals surface area contributed by atoms with Crippen LogP contribution in [-0.4, -0.2) is 24.1 Å². The summed E-state index contributed by atoms with van der Waals surface area (Å²) in [5.41, 5.74) is 0.373. The van der Waals surface area contributed by atoms with Gasteiger partial charge in [0.05, 0.1) is 6.61 Å². The standard InChI is InChI=1S/C16H24O4/c1-3-20-16(19)12(2)11-13-7-4-5-8-14(17)9-6-10-15(13)18/h13H,2-11H2,1H3. The zero-order chi connectivity index (χ0) is 15.0. The molecule has 1 fully saturated rings. The summed E-state index contributed by atoms with van der Waals surface area (Å²) < 4.78 is 4.90. The van der Waals surface area contributed by atoms with Crippen LogP contribution in [0.4, 0.5) is 0 Å². The van der Waals surface area contributed by atoms with Crippen LogP contribution in [0.3, 0.4) is 0 Å². The Hall–Kier alpha value is -1.45. The van der Waals surface area contributed by atoms with E-state index in [9.17, 15) is 14.4 Å². The van der Waals surface area contributed by atoms with Gasteiger partial charge in [0.1, 0.15) is 11.6 Å². The molecule has 1 rings (SSSR count). The first-order valence-electron chi connectivity index (χ1n) is 7.44. The van der Waals surface area contributed by atoms with Crippen LogP contribution in [0.25, 0.3) is 0 Å². The highest BCUT2D eigenvalue weighted by Crippen LogP contribution is 2.23. The molecule has 0 heterocycles. The maximum absolute atomic E-state index is 12.2. The van der Waals surface area contributed by atoms with Gasteiger partial charge < -0.3 is 4.74 Å². The summed E-state index contributed by atoms with van der Waals surface area (Å²) in [6.45, 7) is 5.79. The van der Waals surface area contributed by atoms with Crippen molar-refractivity contribution in [2.75, 3.05) is 6.61 Å². The third kappa shape index (κ3) is 5.68. The summed E-state index contributed by atoms with van der Waals surface area (Å²) in [5, 5.41) is 0. The molecule has 0 aromatic heterocycles. The number of ether oxygens (including phenoxy) is 1. The quantitative estimate of drug-likeness (QED) is 0.586. The number of ketones is 2. The van der Waals surface area contributed by atoms with E-state index in [2.05, 4.69) is 6.58 Å². The number of carbonyl (C=O) groups is 3. The summed E-state index contributed by atoms with van der Waals surface area (Å²) in [7, 11) is 0. The van der Waals surface area contributed by atoms with Crippen molar-refractivity contribution in [2.45, 2.75) is 58.3 Å². The smallest absolute Gasteiger partial charge is 0.333 e. The molecule has 0 spiro atoms. The zero-order valence-electron chi connectivity index (χ0n) is 12.3. The normalized spacial score (nSPS) is 21.4. The first kappa shape index (κ1) is 16.6. The number of hydrogen-bond acceptors (Lipinski definition) is 4. The van der Waals surface area contributed by atoms with Crippen LogP contribution in [0.1, 0.15) is 58.3 Å². The molecule has 1 aliphatic rings. The van der Waals surface area contributed by atoms with Crippen LogP contribution in [0, 0.1) is 5.92 Å². The van der Waals surface area contributed by atoms with Crippen LogP contribution in [0.5, 0.6) is 0 Å². The lowest BCUT2D eigenvalue weighted by Crippen LogP contribution is -2.19. The van der Waals surface area contributed by atoms with Gasteiger partial charge in [0.2, 0.25) is 0 Å². The van der Waals surface area contributed by atoms with E-state index < -0.39 is 5.97 Å². The van der Waals surface area contributed by atoms with E-state index in [4.69, 9.17) is 4.74 Å². The second kappa shape index (κ2) is 8.67. The molecule has 0 aromatic carbocycles. The summed E-state index contributed by atoms with van der Waals surface area (Å²) in [5.74, 6) is -0.162. The minimum Gasteiger partial charge on any atom is -0.463 e. The summed E-state index contributed by atoms with van der Waals surface area (Å²) in [6.07, 6.45) is 4.94. The second-order valence-electron chi connectivity index (χ2n) is 5.33. The number of rotatable bonds is 4. The van der Waals surface area contributed by atoms with Crippen LogP contribution in [0.2, 0.25) is 0 Å². The molecule has 0 aliphatic heterocycles. The monoisotopic (exact) mass is 280 g/mol. The Balaban J connectivity index is 2.56. The highest BCUT2D eigenvalue weighted by molar-refractivity contribution is 5.90. The van der Waals surface area contributed by atoms with Crippen molar-refractivity contribution in [2.24, 2.45) is 5.92 Å². The van der Waals surface area contributed by atoms with Crippen molar-refractivity contribution in [3.63, 3.8) is 0 Å². The SMILES string of the molecule is C=C(CC1CCCCC(=O)CCCC1=O)C(=O)OCC. The first-order chi connectivity index (χ1) is 9.54. The molecule has 20 heavy (non-hydrogen) atoms. The Labute approximate surface area is 120 Å². The van der Waals surface area contributed by atoms with E-state index in [1.54, 1.807) is 6.92 Å². The van der Waals surface area contributed by atoms with E-state index in [0.29, 0.717) is 44.3 Å². The molecule has 0 aromatic rings. The lowest BCUT2D eigenvalue weighted by atomic mass is 9.86. The maximum atomic E-state index is 12.2. The van der Waals surface area contributed by atoms with Gasteiger partial charge in [0.25, 0.3) is 0 Å². The van der Waals surface area contributed by atoms with E-state index in [-0.39, 0.29) is 17.5 Å². The van der Waals surface area contributed by atoms with Crippen molar-refractivity contribution in [3.05, 3.63) is 12.2 Å². The van der Waals surface area contributed by atoms with Gasteiger partial charge >= 0.3 is 5.97 Å². The molecule has 4 heteroatoms. The lowest BCUT2D eigenvalue weighted by molar-refractivity contribution is -0.138. The Morgan fingerprint density at radius 1 is 1.20 bits per heavy atom. The second-order valence-corrected chi connectivity index (χ2v) is 5.33. The fraction of sp³-hybridized carbons (Fsp3) is 0.688. The van der Waals surface area contributed by atoms with E-state index in [1.165, 1.54) is 0 Å². The lowest BCUT2D eigenvalue weighted by Gasteiger charge is -2.17. The average molecular weight is 280 g/mol. The number of Topliss-reactive ketones (excluding diaryl/α,β-unsaturated/α-hetero) is 2. The molecular formula is C16H24O4. The number of esters is 1. The molecule has 1 saturated carbocycles. The van der Waals surface area contributed by atoms with Crippen molar-refractivity contribution >= 4 is 17.5 Å². The molecule has 0 N–H and O–H groups in total. The van der Waals surface area contributed by atoms with Crippen molar-refractivity contribution in [1.29, 1.82) is 0 Å². The Bertz CT molecular complexity index is 384. The van der Waals surface area contributed by atoms with Gasteiger partial charge in [-0.05, 0) is 32.6 Å². The minimum absolute atomic E-state index is 0.144. The molecule has 1 unspecified atom stereocenters. The highest BCUT2D eigenvalue weighted by Gasteiger charge is 2.23. The molecule has 0 radical (unpaired) electrons. The third-order valence-electron chi connectivity index (χ3n) is 3.65. The fourth-order valence-electron chi connectivity index (χ4n) is 2.49. The summed E-state index contributed by atoms with van der Waals surface area (Å²) in [6, 6.07) is 0. The van der Waals surface area contributed by atoms with Gasteiger partial charge in [-0.3, -0.25) is 9.59 Å². The zero-order valence-corrected chi connectivity index (χ0v) is 12.3. The largest absolute Gasteiger partial charge is 0.463 e. The summed E-state index contributed by atoms with van der Waals surface area (Å²) in [4.78, 5) is 35.2. The number of carbonyl (C=O) groups excluding carboxylic acids is 3. The van der Waals surface area contributed by atoms with Crippen molar-refractivity contribution < 1.29 is 19.1 Å². The van der Waals surface area contributed by atoms with Crippen molar-refractivity contribution in [3.8, 4) is 0 Å². The van der Waals surface area contributed by atoms with Crippen LogP contribution < -0.4 is 0 Å². The molecule has 4 nitrogen and oxygen atoms in total. The molecule has 1 atom stereocenters. The minimum atomic E-state index is -0.410. The van der Waals surface area contributed by atoms with Gasteiger partial charge in [-0.25, -0.2) is 4.79 Å². The maximum Gasteiger partial charge on any atom is 0.333 e. The number of hydrogen-bond donors (Lipinski definition) is 0. The molecule has 112 valence electrons. The highest BCUT2D eigenvalue weighted by atomic mass is 16.5. The molecule has 0 bridgehead atoms. The molecular weight excluding hydrogens is 256 g/mol. The van der Waals surface area contributed by atoms with E-state index >= 15 is 0 Å². The van der Waals surface area contributed by atoms with Crippen molar-refractivity contribution in [1.82, 2.24) is 0 Å². The van der Waals surface area contributed by atoms with Crippen LogP contribution in [-0.2, 0) is 19.1 Å². The average Bonchev–Trinajstić information content (AvgIpc) is 2.41. The Kier molecular flexibility index (Phi) is 7.20. The van der Waals surface area contributed by atoms with Gasteiger partial charge in [0, 0.05) is 30.8 Å². The first-order valence-corrected chi connectivity index (χ1v) is 7.44. The molecule has 0 amide bonds. The van der Waals surface area contributed by atoms with Gasteiger partial charge in [-0.15, -0.1) is 0 Å². The Morgan fingerprint density at radius 2 is 1.90 bits per heavy atom. The fourth-order valence-corrected chi connectivity index (χ4v) is 2.49. The molecule has 1 aliphatic carbocycles. The predicted molar refractivity (Wildman–Crippen MR) is 76.2 cm³/mol. The van der Waals surface area contributed by atoms with Gasteiger partial charge in [-0.1, -0.05) is 13.0 Å². The Morgan fingerprint density at radius 3 is 2.60 bits per heavy atom. The van der Waals surface area contributed by atoms with Gasteiger partial charge in [-0.2, -0.15) is 0 Å². The van der Waals surface area contributed by atoms with Gasteiger partial charge in [0.15, 0.2) is 0 Å². The van der Waals surface area contributed by atoms with E-state index in [1.807, 2.05) is 0 Å². The predicted octanol–water partition coefficient (Wildman–Crippen LogP) is 2.99. The summed E-state index contributed by atoms with van der Waals surface area (Å²) >= 11 is 0. The third-order valence-corrected chi connectivity index (χ3v) is 3.65. The van der Waals surface area contributed by atoms with E-state index in [0.717, 1.165) is 19.3 Å². The molecule has 0 saturated heterocycles. The van der Waals surface area contributed by atoms with Crippen LogP contribution >= 0.6 is 0 Å². The van der Waals surface area contributed by atoms with Crippen LogP contribution in [0.15, 0.2) is 12.2 Å². The topological polar surface area (TPSA) is 60.4 Å².